The second-order valence-corrected chi connectivity index (χ2v) is 9.21. The number of carbonyl (C=O) groups excluding carboxylic acids is 1. The number of nitrogens with one attached hydrogen (secondary N) is 2. The van der Waals surface area contributed by atoms with Crippen molar-refractivity contribution in [1.29, 1.82) is 0 Å². The first-order valence-corrected chi connectivity index (χ1v) is 11.5. The fraction of sp³-hybridized carbons (Fsp3) is 0.238. The van der Waals surface area contributed by atoms with Crippen molar-refractivity contribution >= 4 is 18.6 Å². The summed E-state index contributed by atoms with van der Waals surface area (Å²) >= 11 is 0. The lowest BCUT2D eigenvalue weighted by Gasteiger charge is -2.17. The molecule has 3 rings (SSSR count). The van der Waals surface area contributed by atoms with Crippen LogP contribution in [-0.2, 0) is 9.09 Å². The SMILES string of the molecule is CCOP(C)(=O)c1ccc(C(C)NC(=O)c2cnc(-c3ccccn3)[nH]c2=O)cc1. The van der Waals surface area contributed by atoms with Crippen LogP contribution in [0.4, 0.5) is 0 Å². The van der Waals surface area contributed by atoms with Crippen LogP contribution in [-0.4, -0.2) is 34.1 Å². The lowest BCUT2D eigenvalue weighted by molar-refractivity contribution is 0.0938. The largest absolute Gasteiger partial charge is 0.345 e. The van der Waals surface area contributed by atoms with Crippen LogP contribution in [0.15, 0.2) is 59.7 Å². The fourth-order valence-corrected chi connectivity index (χ4v) is 4.23. The molecule has 0 spiro atoms. The average molecular weight is 426 g/mol. The molecule has 9 heteroatoms. The number of hydrogen-bond donors (Lipinski definition) is 2. The van der Waals surface area contributed by atoms with Gasteiger partial charge in [0.2, 0.25) is 7.37 Å². The highest BCUT2D eigenvalue weighted by atomic mass is 31.2. The van der Waals surface area contributed by atoms with E-state index in [-0.39, 0.29) is 11.6 Å². The van der Waals surface area contributed by atoms with Crippen LogP contribution in [0, 0.1) is 0 Å². The second kappa shape index (κ2) is 9.15. The maximum atomic E-state index is 12.6. The van der Waals surface area contributed by atoms with E-state index in [2.05, 4.69) is 20.3 Å². The van der Waals surface area contributed by atoms with Crippen molar-refractivity contribution in [3.8, 4) is 11.5 Å². The third kappa shape index (κ3) is 4.90. The zero-order valence-corrected chi connectivity index (χ0v) is 17.8. The number of aromatic nitrogens is 3. The highest BCUT2D eigenvalue weighted by molar-refractivity contribution is 7.66. The van der Waals surface area contributed by atoms with Gasteiger partial charge in [0.05, 0.1) is 12.6 Å². The molecule has 0 aliphatic heterocycles. The quantitative estimate of drug-likeness (QED) is 0.562. The van der Waals surface area contributed by atoms with E-state index in [4.69, 9.17) is 4.52 Å². The minimum absolute atomic E-state index is 0.0902. The van der Waals surface area contributed by atoms with E-state index in [0.717, 1.165) is 5.56 Å². The number of pyridine rings is 1. The summed E-state index contributed by atoms with van der Waals surface area (Å²) in [5.74, 6) is -0.248. The molecule has 0 bridgehead atoms. The van der Waals surface area contributed by atoms with E-state index >= 15 is 0 Å². The molecule has 0 aliphatic rings. The summed E-state index contributed by atoms with van der Waals surface area (Å²) in [4.78, 5) is 35.8. The zero-order valence-electron chi connectivity index (χ0n) is 17.0. The van der Waals surface area contributed by atoms with Gasteiger partial charge in [0.15, 0.2) is 5.82 Å². The predicted octanol–water partition coefficient (Wildman–Crippen LogP) is 2.89. The summed E-state index contributed by atoms with van der Waals surface area (Å²) < 4.78 is 17.8. The van der Waals surface area contributed by atoms with E-state index < -0.39 is 18.8 Å². The molecule has 2 heterocycles. The molecule has 3 aromatic rings. The first-order valence-electron chi connectivity index (χ1n) is 9.46. The lowest BCUT2D eigenvalue weighted by atomic mass is 10.1. The van der Waals surface area contributed by atoms with Crippen LogP contribution in [0.1, 0.15) is 35.8 Å². The maximum Gasteiger partial charge on any atom is 0.264 e. The molecule has 0 fully saturated rings. The highest BCUT2D eigenvalue weighted by Gasteiger charge is 2.20. The summed E-state index contributed by atoms with van der Waals surface area (Å²) in [6.45, 7) is 5.53. The summed E-state index contributed by atoms with van der Waals surface area (Å²) in [7, 11) is -2.85. The molecule has 0 aliphatic carbocycles. The third-order valence-electron chi connectivity index (χ3n) is 4.54. The van der Waals surface area contributed by atoms with Crippen LogP contribution in [0.2, 0.25) is 0 Å². The minimum atomic E-state index is -2.85. The highest BCUT2D eigenvalue weighted by Crippen LogP contribution is 2.41. The third-order valence-corrected chi connectivity index (χ3v) is 6.52. The van der Waals surface area contributed by atoms with Gasteiger partial charge in [-0.05, 0) is 43.7 Å². The Hall–Kier alpha value is -3.09. The van der Waals surface area contributed by atoms with Crippen molar-refractivity contribution < 1.29 is 13.9 Å². The van der Waals surface area contributed by atoms with Gasteiger partial charge < -0.3 is 14.8 Å². The number of carbonyl (C=O) groups is 1. The van der Waals surface area contributed by atoms with E-state index in [1.807, 2.05) is 0 Å². The number of H-pyrrole nitrogens is 1. The van der Waals surface area contributed by atoms with Crippen molar-refractivity contribution in [3.63, 3.8) is 0 Å². The molecular formula is C21H23N4O4P. The molecule has 0 saturated carbocycles. The van der Waals surface area contributed by atoms with Crippen molar-refractivity contribution in [2.24, 2.45) is 0 Å². The Labute approximate surface area is 174 Å². The van der Waals surface area contributed by atoms with Crippen LogP contribution in [0.25, 0.3) is 11.5 Å². The molecule has 8 nitrogen and oxygen atoms in total. The molecule has 0 radical (unpaired) electrons. The van der Waals surface area contributed by atoms with Gasteiger partial charge in [-0.2, -0.15) is 0 Å². The van der Waals surface area contributed by atoms with Gasteiger partial charge in [-0.15, -0.1) is 0 Å². The molecule has 2 aromatic heterocycles. The summed E-state index contributed by atoms with van der Waals surface area (Å²) in [6.07, 6.45) is 2.83. The van der Waals surface area contributed by atoms with Gasteiger partial charge in [0, 0.05) is 24.4 Å². The zero-order chi connectivity index (χ0) is 21.7. The number of benzene rings is 1. The summed E-state index contributed by atoms with van der Waals surface area (Å²) in [6, 6.07) is 11.9. The monoisotopic (exact) mass is 426 g/mol. The van der Waals surface area contributed by atoms with Crippen molar-refractivity contribution in [2.45, 2.75) is 19.9 Å². The van der Waals surface area contributed by atoms with E-state index in [1.54, 1.807) is 69.2 Å². The van der Waals surface area contributed by atoms with Gasteiger partial charge in [-0.3, -0.25) is 19.1 Å². The number of nitrogens with zero attached hydrogens (tertiary/aromatic N) is 2. The van der Waals surface area contributed by atoms with E-state index in [0.29, 0.717) is 23.4 Å². The molecule has 2 unspecified atom stereocenters. The van der Waals surface area contributed by atoms with E-state index in [9.17, 15) is 14.2 Å². The van der Waals surface area contributed by atoms with Gasteiger partial charge >= 0.3 is 0 Å². The first-order chi connectivity index (χ1) is 14.3. The average Bonchev–Trinajstić information content (AvgIpc) is 2.74. The minimum Gasteiger partial charge on any atom is -0.345 e. The predicted molar refractivity (Wildman–Crippen MR) is 115 cm³/mol. The van der Waals surface area contributed by atoms with Crippen molar-refractivity contribution in [3.05, 3.63) is 76.3 Å². The first kappa shape index (κ1) is 21.6. The smallest absolute Gasteiger partial charge is 0.264 e. The van der Waals surface area contributed by atoms with E-state index in [1.165, 1.54) is 6.20 Å². The van der Waals surface area contributed by atoms with Gasteiger partial charge in [0.1, 0.15) is 11.3 Å². The molecule has 2 atom stereocenters. The maximum absolute atomic E-state index is 12.6. The van der Waals surface area contributed by atoms with Gasteiger partial charge in [-0.1, -0.05) is 18.2 Å². The number of aromatic amines is 1. The normalized spacial score (nSPS) is 14.0. The molecule has 1 amide bonds. The van der Waals surface area contributed by atoms with Gasteiger partial charge in [-0.25, -0.2) is 4.98 Å². The molecule has 1 aromatic carbocycles. The van der Waals surface area contributed by atoms with Crippen LogP contribution < -0.4 is 16.2 Å². The number of hydrogen-bond acceptors (Lipinski definition) is 6. The molecular weight excluding hydrogens is 403 g/mol. The van der Waals surface area contributed by atoms with Crippen LogP contribution in [0.5, 0.6) is 0 Å². The van der Waals surface area contributed by atoms with Crippen molar-refractivity contribution in [2.75, 3.05) is 13.3 Å². The Morgan fingerprint density at radius 1 is 1.20 bits per heavy atom. The Morgan fingerprint density at radius 2 is 1.93 bits per heavy atom. The summed E-state index contributed by atoms with van der Waals surface area (Å²) in [5, 5.41) is 3.39. The fourth-order valence-electron chi connectivity index (χ4n) is 2.90. The number of amides is 1. The molecule has 0 saturated heterocycles. The van der Waals surface area contributed by atoms with Gasteiger partial charge in [0.25, 0.3) is 11.5 Å². The topological polar surface area (TPSA) is 114 Å². The van der Waals surface area contributed by atoms with Crippen LogP contribution >= 0.6 is 7.37 Å². The Morgan fingerprint density at radius 3 is 2.53 bits per heavy atom. The Bertz CT molecular complexity index is 1130. The Balaban J connectivity index is 1.73. The number of rotatable bonds is 7. The molecule has 30 heavy (non-hydrogen) atoms. The Kier molecular flexibility index (Phi) is 6.59. The second-order valence-electron chi connectivity index (χ2n) is 6.74. The molecule has 2 N–H and O–H groups in total. The lowest BCUT2D eigenvalue weighted by Crippen LogP contribution is -2.32. The van der Waals surface area contributed by atoms with Crippen molar-refractivity contribution in [1.82, 2.24) is 20.3 Å². The molecule has 156 valence electrons. The van der Waals surface area contributed by atoms with Crippen LogP contribution in [0.3, 0.4) is 0 Å². The summed E-state index contributed by atoms with van der Waals surface area (Å²) in [5.41, 5.74) is 0.676. The standard InChI is InChI=1S/C21H23N4O4P/c1-4-29-30(3,28)16-10-8-15(9-11-16)14(2)24-20(26)17-13-23-19(25-21(17)27)18-7-5-6-12-22-18/h5-14H,4H2,1-3H3,(H,24,26)(H,23,25,27).